The van der Waals surface area contributed by atoms with Crippen LogP contribution in [0.4, 0.5) is 15.8 Å². The van der Waals surface area contributed by atoms with Crippen molar-refractivity contribution in [3.63, 3.8) is 0 Å². The summed E-state index contributed by atoms with van der Waals surface area (Å²) in [6.07, 6.45) is 0. The first-order chi connectivity index (χ1) is 11.8. The molecule has 0 aliphatic heterocycles. The molecule has 0 aliphatic carbocycles. The van der Waals surface area contributed by atoms with Crippen molar-refractivity contribution in [3.05, 3.63) is 57.8 Å². The fourth-order valence-corrected chi connectivity index (χ4v) is 4.45. The van der Waals surface area contributed by atoms with Crippen molar-refractivity contribution in [2.75, 3.05) is 17.6 Å². The summed E-state index contributed by atoms with van der Waals surface area (Å²) < 4.78 is 45.7. The Bertz CT molecular complexity index is 1130. The fourth-order valence-electron chi connectivity index (χ4n) is 2.21. The highest BCUT2D eigenvalue weighted by Crippen LogP contribution is 2.25. The van der Waals surface area contributed by atoms with E-state index in [1.165, 1.54) is 19.2 Å². The molecule has 3 N–H and O–H groups in total. The van der Waals surface area contributed by atoms with Crippen molar-refractivity contribution < 1.29 is 17.5 Å². The van der Waals surface area contributed by atoms with E-state index in [2.05, 4.69) is 4.72 Å². The van der Waals surface area contributed by atoms with E-state index < -0.39 is 25.5 Å². The van der Waals surface area contributed by atoms with Crippen LogP contribution in [0, 0.1) is 5.82 Å². The first-order valence-corrected chi connectivity index (χ1v) is 9.30. The van der Waals surface area contributed by atoms with Gasteiger partial charge in [0, 0.05) is 4.70 Å². The Hall–Kier alpha value is -2.65. The molecule has 6 nitrogen and oxygen atoms in total. The van der Waals surface area contributed by atoms with E-state index in [4.69, 9.17) is 10.5 Å². The van der Waals surface area contributed by atoms with E-state index >= 15 is 0 Å². The number of ether oxygens (including phenoxy) is 1. The highest BCUT2D eigenvalue weighted by atomic mass is 32.2. The Kier molecular flexibility index (Phi) is 4.36. The third-order valence-corrected chi connectivity index (χ3v) is 5.96. The SMILES string of the molecule is COc1ccc2sc(=O)c(S(=O)(=O)Nc3ccc(F)c(N)c3)cc2c1. The molecule has 1 aromatic heterocycles. The van der Waals surface area contributed by atoms with Crippen molar-refractivity contribution in [1.29, 1.82) is 0 Å². The monoisotopic (exact) mass is 380 g/mol. The van der Waals surface area contributed by atoms with E-state index in [1.807, 2.05) is 0 Å². The number of rotatable bonds is 4. The molecule has 0 fully saturated rings. The lowest BCUT2D eigenvalue weighted by molar-refractivity contribution is 0.415. The average Bonchev–Trinajstić information content (AvgIpc) is 2.56. The Morgan fingerprint density at radius 3 is 2.60 bits per heavy atom. The number of nitrogens with one attached hydrogen (secondary N) is 1. The van der Waals surface area contributed by atoms with E-state index in [-0.39, 0.29) is 11.4 Å². The van der Waals surface area contributed by atoms with E-state index in [0.717, 1.165) is 23.5 Å². The molecule has 0 spiro atoms. The maximum absolute atomic E-state index is 13.2. The maximum Gasteiger partial charge on any atom is 0.266 e. The second kappa shape index (κ2) is 6.34. The second-order valence-electron chi connectivity index (χ2n) is 5.14. The van der Waals surface area contributed by atoms with Crippen LogP contribution in [0.3, 0.4) is 0 Å². The molecule has 3 rings (SSSR count). The molecule has 25 heavy (non-hydrogen) atoms. The highest BCUT2D eigenvalue weighted by Gasteiger charge is 2.20. The van der Waals surface area contributed by atoms with Gasteiger partial charge in [0.25, 0.3) is 14.8 Å². The molecule has 2 aromatic carbocycles. The van der Waals surface area contributed by atoms with Gasteiger partial charge in [-0.3, -0.25) is 9.52 Å². The van der Waals surface area contributed by atoms with Crippen LogP contribution in [0.5, 0.6) is 5.75 Å². The summed E-state index contributed by atoms with van der Waals surface area (Å²) in [4.78, 5) is 11.8. The van der Waals surface area contributed by atoms with Crippen LogP contribution >= 0.6 is 11.3 Å². The van der Waals surface area contributed by atoms with Crippen LogP contribution in [-0.2, 0) is 10.0 Å². The Balaban J connectivity index is 2.07. The number of halogens is 1. The summed E-state index contributed by atoms with van der Waals surface area (Å²) in [6.45, 7) is 0. The number of methoxy groups -OCH3 is 1. The summed E-state index contributed by atoms with van der Waals surface area (Å²) >= 11 is 0.816. The number of nitrogens with two attached hydrogens (primary N) is 1. The van der Waals surface area contributed by atoms with Gasteiger partial charge >= 0.3 is 0 Å². The van der Waals surface area contributed by atoms with E-state index in [1.54, 1.807) is 18.2 Å². The van der Waals surface area contributed by atoms with Crippen molar-refractivity contribution >= 4 is 42.8 Å². The zero-order chi connectivity index (χ0) is 18.2. The fraction of sp³-hybridized carbons (Fsp3) is 0.0625. The molecule has 0 saturated carbocycles. The van der Waals surface area contributed by atoms with Crippen LogP contribution < -0.4 is 19.9 Å². The van der Waals surface area contributed by atoms with Crippen LogP contribution in [0.25, 0.3) is 10.1 Å². The molecule has 130 valence electrons. The van der Waals surface area contributed by atoms with Crippen LogP contribution in [0.15, 0.2) is 52.2 Å². The van der Waals surface area contributed by atoms with Gasteiger partial charge in [-0.2, -0.15) is 0 Å². The number of hydrogen-bond acceptors (Lipinski definition) is 6. The Labute approximate surface area is 146 Å². The first kappa shape index (κ1) is 17.2. The van der Waals surface area contributed by atoms with E-state index in [9.17, 15) is 17.6 Å². The van der Waals surface area contributed by atoms with E-state index in [0.29, 0.717) is 15.8 Å². The van der Waals surface area contributed by atoms with Gasteiger partial charge < -0.3 is 10.5 Å². The molecule has 0 amide bonds. The first-order valence-electron chi connectivity index (χ1n) is 7.00. The molecule has 3 aromatic rings. The molecule has 0 saturated heterocycles. The molecule has 0 radical (unpaired) electrons. The number of anilines is 2. The predicted octanol–water partition coefficient (Wildman–Crippen LogP) is 2.79. The average molecular weight is 380 g/mol. The van der Waals surface area contributed by atoms with Gasteiger partial charge in [0.2, 0.25) is 0 Å². The van der Waals surface area contributed by atoms with Gasteiger partial charge in [0.15, 0.2) is 0 Å². The third-order valence-electron chi connectivity index (χ3n) is 3.45. The predicted molar refractivity (Wildman–Crippen MR) is 96.3 cm³/mol. The Morgan fingerprint density at radius 1 is 1.16 bits per heavy atom. The molecule has 9 heteroatoms. The minimum atomic E-state index is -4.16. The molecule has 1 heterocycles. The summed E-state index contributed by atoms with van der Waals surface area (Å²) in [5.74, 6) is -0.117. The Morgan fingerprint density at radius 2 is 1.92 bits per heavy atom. The lowest BCUT2D eigenvalue weighted by Crippen LogP contribution is -2.19. The second-order valence-corrected chi connectivity index (χ2v) is 7.81. The normalized spacial score (nSPS) is 11.4. The zero-order valence-corrected chi connectivity index (χ0v) is 14.6. The van der Waals surface area contributed by atoms with Gasteiger partial charge in [-0.25, -0.2) is 12.8 Å². The van der Waals surface area contributed by atoms with Crippen LogP contribution in [-0.4, -0.2) is 15.5 Å². The zero-order valence-electron chi connectivity index (χ0n) is 12.9. The standard InChI is InChI=1S/C16H13FN2O4S2/c1-23-11-3-5-14-9(6-11)7-15(16(20)24-14)25(21,22)19-10-2-4-12(17)13(18)8-10/h2-8,19H,18H2,1H3. The minimum absolute atomic E-state index is 0.0639. The van der Waals surface area contributed by atoms with Crippen molar-refractivity contribution in [3.8, 4) is 5.75 Å². The number of fused-ring (bicyclic) bond motifs is 1. The van der Waals surface area contributed by atoms with Gasteiger partial charge in [0.1, 0.15) is 16.5 Å². The number of benzene rings is 2. The number of hydrogen-bond donors (Lipinski definition) is 2. The summed E-state index contributed by atoms with van der Waals surface area (Å²) in [5, 5.41) is 0.558. The van der Waals surface area contributed by atoms with Gasteiger partial charge in [-0.15, -0.1) is 0 Å². The quantitative estimate of drug-likeness (QED) is 0.678. The summed E-state index contributed by atoms with van der Waals surface area (Å²) in [6, 6.07) is 9.70. The summed E-state index contributed by atoms with van der Waals surface area (Å²) in [5.41, 5.74) is 5.29. The lowest BCUT2D eigenvalue weighted by atomic mass is 10.2. The van der Waals surface area contributed by atoms with Crippen LogP contribution in [0.1, 0.15) is 0 Å². The van der Waals surface area contributed by atoms with Gasteiger partial charge in [-0.1, -0.05) is 11.3 Å². The van der Waals surface area contributed by atoms with Gasteiger partial charge in [-0.05, 0) is 47.9 Å². The van der Waals surface area contributed by atoms with Crippen molar-refractivity contribution in [2.45, 2.75) is 4.90 Å². The summed E-state index contributed by atoms with van der Waals surface area (Å²) in [7, 11) is -2.66. The molecule has 0 aliphatic rings. The third kappa shape index (κ3) is 3.42. The molecule has 0 atom stereocenters. The lowest BCUT2D eigenvalue weighted by Gasteiger charge is -2.09. The smallest absolute Gasteiger partial charge is 0.266 e. The highest BCUT2D eigenvalue weighted by molar-refractivity contribution is 7.92. The number of sulfonamides is 1. The van der Waals surface area contributed by atoms with Gasteiger partial charge in [0.05, 0.1) is 18.5 Å². The molecule has 0 bridgehead atoms. The van der Waals surface area contributed by atoms with Crippen LogP contribution in [0.2, 0.25) is 0 Å². The molecule has 0 unspecified atom stereocenters. The largest absolute Gasteiger partial charge is 0.497 e. The van der Waals surface area contributed by atoms with Crippen molar-refractivity contribution in [1.82, 2.24) is 0 Å². The molecular weight excluding hydrogens is 367 g/mol. The number of nitrogen functional groups attached to an aromatic ring is 1. The maximum atomic E-state index is 13.2. The topological polar surface area (TPSA) is 98.5 Å². The molecular formula is C16H13FN2O4S2. The minimum Gasteiger partial charge on any atom is -0.497 e. The van der Waals surface area contributed by atoms with Crippen molar-refractivity contribution in [2.24, 2.45) is 0 Å².